The molecule has 1 unspecified atom stereocenters. The van der Waals surface area contributed by atoms with Gasteiger partial charge in [0.05, 0.1) is 0 Å². The summed E-state index contributed by atoms with van der Waals surface area (Å²) in [7, 11) is 1.37. The summed E-state index contributed by atoms with van der Waals surface area (Å²) in [6, 6.07) is -0.789. The molecule has 4 nitrogen and oxygen atoms in total. The molecule has 0 spiro atoms. The van der Waals surface area contributed by atoms with Crippen molar-refractivity contribution in [1.29, 1.82) is 0 Å². The summed E-state index contributed by atoms with van der Waals surface area (Å²) in [4.78, 5) is 20.8. The summed E-state index contributed by atoms with van der Waals surface area (Å²) >= 11 is 0. The van der Waals surface area contributed by atoms with Crippen LogP contribution >= 0.6 is 0 Å². The zero-order chi connectivity index (χ0) is 7.44. The van der Waals surface area contributed by atoms with Crippen molar-refractivity contribution in [3.63, 3.8) is 0 Å². The number of carboxylic acid groups (broad SMARTS) is 1. The topological polar surface area (TPSA) is 57.6 Å². The first-order valence-corrected chi connectivity index (χ1v) is 2.43. The third-order valence-corrected chi connectivity index (χ3v) is 1.08. The lowest BCUT2D eigenvalue weighted by Crippen LogP contribution is -2.34. The second-order valence-corrected chi connectivity index (χ2v) is 1.72. The van der Waals surface area contributed by atoms with Crippen LogP contribution in [0.3, 0.4) is 0 Å². The molecule has 9 heavy (non-hydrogen) atoms. The van der Waals surface area contributed by atoms with E-state index in [1.165, 1.54) is 20.4 Å². The van der Waals surface area contributed by atoms with Crippen molar-refractivity contribution in [2.75, 3.05) is 7.05 Å². The van der Waals surface area contributed by atoms with Crippen molar-refractivity contribution in [2.45, 2.75) is 13.0 Å². The highest BCUT2D eigenvalue weighted by atomic mass is 16.4. The SMILES string of the molecule is CC(C(=O)O)N(C)[C]=O. The highest BCUT2D eigenvalue weighted by Gasteiger charge is 2.14. The quantitative estimate of drug-likeness (QED) is 0.522. The lowest BCUT2D eigenvalue weighted by atomic mass is 10.3. The van der Waals surface area contributed by atoms with Crippen LogP contribution < -0.4 is 0 Å². The number of carboxylic acids is 1. The van der Waals surface area contributed by atoms with E-state index in [2.05, 4.69) is 0 Å². The minimum absolute atomic E-state index is 0.789. The van der Waals surface area contributed by atoms with Crippen molar-refractivity contribution < 1.29 is 14.7 Å². The summed E-state index contributed by atoms with van der Waals surface area (Å²) in [5.41, 5.74) is 0. The minimum atomic E-state index is -1.03. The Balaban J connectivity index is 3.86. The second kappa shape index (κ2) is 3.06. The first-order chi connectivity index (χ1) is 4.09. The molecular weight excluding hydrogens is 122 g/mol. The molecule has 0 aliphatic heterocycles. The molecule has 0 aromatic rings. The Labute approximate surface area is 53.1 Å². The van der Waals surface area contributed by atoms with Crippen LogP contribution in [0.2, 0.25) is 0 Å². The van der Waals surface area contributed by atoms with Gasteiger partial charge in [0, 0.05) is 7.05 Å². The van der Waals surface area contributed by atoms with Crippen LogP contribution in [0.25, 0.3) is 0 Å². The smallest absolute Gasteiger partial charge is 0.326 e. The lowest BCUT2D eigenvalue weighted by molar-refractivity contribution is -0.140. The molecule has 0 rings (SSSR count). The molecule has 0 bridgehead atoms. The number of likely N-dealkylation sites (N-methyl/N-ethyl adjacent to an activating group) is 1. The van der Waals surface area contributed by atoms with E-state index in [0.29, 0.717) is 0 Å². The number of nitrogens with zero attached hydrogens (tertiary/aromatic N) is 1. The number of carbonyl (C=O) groups excluding carboxylic acids is 1. The first kappa shape index (κ1) is 7.94. The summed E-state index contributed by atoms with van der Waals surface area (Å²) in [6.07, 6.45) is 1.45. The summed E-state index contributed by atoms with van der Waals surface area (Å²) < 4.78 is 0. The molecule has 1 atom stereocenters. The summed E-state index contributed by atoms with van der Waals surface area (Å²) in [5, 5.41) is 8.26. The second-order valence-electron chi connectivity index (χ2n) is 1.72. The summed E-state index contributed by atoms with van der Waals surface area (Å²) in [6.45, 7) is 1.41. The summed E-state index contributed by atoms with van der Waals surface area (Å²) in [5.74, 6) is -1.03. The third-order valence-electron chi connectivity index (χ3n) is 1.08. The van der Waals surface area contributed by atoms with Crippen LogP contribution in [0, 0.1) is 0 Å². The van der Waals surface area contributed by atoms with Crippen LogP contribution in [0.4, 0.5) is 0 Å². The van der Waals surface area contributed by atoms with Gasteiger partial charge in [-0.3, -0.25) is 4.79 Å². The number of rotatable bonds is 3. The molecule has 0 heterocycles. The van der Waals surface area contributed by atoms with Crippen molar-refractivity contribution in [1.82, 2.24) is 4.90 Å². The number of hydrogen-bond donors (Lipinski definition) is 1. The minimum Gasteiger partial charge on any atom is -0.480 e. The predicted molar refractivity (Wildman–Crippen MR) is 30.6 cm³/mol. The molecule has 1 amide bonds. The van der Waals surface area contributed by atoms with Crippen LogP contribution in [-0.4, -0.2) is 35.5 Å². The normalized spacial score (nSPS) is 12.2. The largest absolute Gasteiger partial charge is 0.480 e. The van der Waals surface area contributed by atoms with E-state index >= 15 is 0 Å². The lowest BCUT2D eigenvalue weighted by Gasteiger charge is -2.13. The molecule has 1 N–H and O–H groups in total. The number of hydrogen-bond acceptors (Lipinski definition) is 2. The van der Waals surface area contributed by atoms with Crippen LogP contribution in [0.15, 0.2) is 0 Å². The van der Waals surface area contributed by atoms with Gasteiger partial charge in [-0.15, -0.1) is 0 Å². The van der Waals surface area contributed by atoms with Crippen LogP contribution in [-0.2, 0) is 9.59 Å². The maximum absolute atomic E-state index is 10.1. The first-order valence-electron chi connectivity index (χ1n) is 2.43. The molecule has 0 aliphatic rings. The molecule has 1 radical (unpaired) electrons. The van der Waals surface area contributed by atoms with E-state index in [0.717, 1.165) is 4.90 Å². The van der Waals surface area contributed by atoms with Crippen molar-refractivity contribution in [3.8, 4) is 0 Å². The fraction of sp³-hybridized carbons (Fsp3) is 0.600. The molecule has 0 aliphatic carbocycles. The number of aliphatic carboxylic acids is 1. The van der Waals surface area contributed by atoms with Gasteiger partial charge < -0.3 is 10.0 Å². The Morgan fingerprint density at radius 1 is 1.78 bits per heavy atom. The number of carbonyl (C=O) groups is 1. The van der Waals surface area contributed by atoms with E-state index in [1.807, 2.05) is 0 Å². The van der Waals surface area contributed by atoms with Gasteiger partial charge in [-0.2, -0.15) is 0 Å². The van der Waals surface area contributed by atoms with Gasteiger partial charge in [-0.1, -0.05) is 0 Å². The van der Waals surface area contributed by atoms with Crippen molar-refractivity contribution >= 4 is 12.4 Å². The molecule has 0 aromatic heterocycles. The fourth-order valence-electron chi connectivity index (χ4n) is 0.245. The third kappa shape index (κ3) is 2.12. The van der Waals surface area contributed by atoms with Gasteiger partial charge >= 0.3 is 12.4 Å². The standard InChI is InChI=1S/C5H8NO3/c1-4(5(8)9)6(2)3-7/h4H,1-2H3,(H,8,9). The average molecular weight is 130 g/mol. The highest BCUT2D eigenvalue weighted by Crippen LogP contribution is 1.89. The van der Waals surface area contributed by atoms with Crippen LogP contribution in [0.1, 0.15) is 6.92 Å². The maximum Gasteiger partial charge on any atom is 0.326 e. The Bertz CT molecular complexity index is 123. The molecule has 0 saturated carbocycles. The van der Waals surface area contributed by atoms with Gasteiger partial charge in [-0.05, 0) is 6.92 Å². The molecule has 0 saturated heterocycles. The molecule has 4 heteroatoms. The fourth-order valence-corrected chi connectivity index (χ4v) is 0.245. The number of amides is 1. The molecule has 51 valence electrons. The maximum atomic E-state index is 10.1. The van der Waals surface area contributed by atoms with E-state index in [-0.39, 0.29) is 0 Å². The van der Waals surface area contributed by atoms with Crippen molar-refractivity contribution in [2.24, 2.45) is 0 Å². The van der Waals surface area contributed by atoms with Gasteiger partial charge in [0.25, 0.3) is 0 Å². The monoisotopic (exact) mass is 130 g/mol. The Morgan fingerprint density at radius 3 is 2.33 bits per heavy atom. The average Bonchev–Trinajstić information content (AvgIpc) is 1.84. The van der Waals surface area contributed by atoms with E-state index in [1.54, 1.807) is 0 Å². The highest BCUT2D eigenvalue weighted by molar-refractivity contribution is 5.75. The zero-order valence-corrected chi connectivity index (χ0v) is 5.29. The van der Waals surface area contributed by atoms with Gasteiger partial charge in [-0.25, -0.2) is 4.79 Å². The predicted octanol–water partition coefficient (Wildman–Crippen LogP) is -0.541. The molecule has 0 aromatic carbocycles. The Kier molecular flexibility index (Phi) is 2.70. The van der Waals surface area contributed by atoms with Gasteiger partial charge in [0.1, 0.15) is 6.04 Å². The van der Waals surface area contributed by atoms with E-state index in [4.69, 9.17) is 5.11 Å². The van der Waals surface area contributed by atoms with Gasteiger partial charge in [0.2, 0.25) is 0 Å². The molecular formula is C5H8NO3. The van der Waals surface area contributed by atoms with E-state index < -0.39 is 12.0 Å². The zero-order valence-electron chi connectivity index (χ0n) is 5.29. The van der Waals surface area contributed by atoms with Crippen LogP contribution in [0.5, 0.6) is 0 Å². The van der Waals surface area contributed by atoms with Gasteiger partial charge in [0.15, 0.2) is 0 Å². The van der Waals surface area contributed by atoms with Crippen molar-refractivity contribution in [3.05, 3.63) is 0 Å². The van der Waals surface area contributed by atoms with E-state index in [9.17, 15) is 9.59 Å². The molecule has 0 fully saturated rings. The Morgan fingerprint density at radius 2 is 2.22 bits per heavy atom. The Hall–Kier alpha value is -1.06.